The first-order chi connectivity index (χ1) is 9.38. The van der Waals surface area contributed by atoms with Gasteiger partial charge in [-0.2, -0.15) is 0 Å². The molecule has 0 bridgehead atoms. The molecule has 0 heterocycles. The Morgan fingerprint density at radius 1 is 0.842 bits per heavy atom. The molecule has 3 aromatic carbocycles. The van der Waals surface area contributed by atoms with Crippen molar-refractivity contribution in [3.63, 3.8) is 0 Å². The first-order valence-electron chi connectivity index (χ1n) is 6.57. The van der Waals surface area contributed by atoms with Crippen LogP contribution in [0.15, 0.2) is 73.3 Å². The second-order valence-electron chi connectivity index (χ2n) is 4.69. The van der Waals surface area contributed by atoms with Crippen molar-refractivity contribution in [3.05, 3.63) is 78.9 Å². The molecule has 3 aromatic rings. The molecule has 0 atom stereocenters. The average Bonchev–Trinajstić information content (AvgIpc) is 2.46. The van der Waals surface area contributed by atoms with E-state index in [9.17, 15) is 0 Å². The molecule has 3 rings (SSSR count). The fourth-order valence-electron chi connectivity index (χ4n) is 2.43. The van der Waals surface area contributed by atoms with Crippen molar-refractivity contribution < 1.29 is 0 Å². The molecule has 0 aromatic heterocycles. The van der Waals surface area contributed by atoms with Crippen molar-refractivity contribution in [1.29, 1.82) is 0 Å². The molecule has 0 nitrogen and oxygen atoms in total. The number of hydrogen-bond acceptors (Lipinski definition) is 0. The molecule has 0 aliphatic rings. The number of hydrogen-bond donors (Lipinski definition) is 0. The lowest BCUT2D eigenvalue weighted by molar-refractivity contribution is 1.42. The largest absolute Gasteiger partial charge is 0.103 e. The Labute approximate surface area is 113 Å². The summed E-state index contributed by atoms with van der Waals surface area (Å²) >= 11 is 0. The van der Waals surface area contributed by atoms with E-state index < -0.39 is 0 Å². The summed E-state index contributed by atoms with van der Waals surface area (Å²) in [7, 11) is 0. The van der Waals surface area contributed by atoms with Gasteiger partial charge in [0.2, 0.25) is 0 Å². The minimum absolute atomic E-state index is 0.907. The lowest BCUT2D eigenvalue weighted by Crippen LogP contribution is -1.80. The Kier molecular flexibility index (Phi) is 3.16. The third kappa shape index (κ3) is 2.30. The van der Waals surface area contributed by atoms with Crippen molar-refractivity contribution in [3.8, 4) is 0 Å². The van der Waals surface area contributed by atoms with Gasteiger partial charge in [0.1, 0.15) is 0 Å². The summed E-state index contributed by atoms with van der Waals surface area (Å²) in [4.78, 5) is 0. The molecule has 0 saturated heterocycles. The summed E-state index contributed by atoms with van der Waals surface area (Å²) in [5.41, 5.74) is 1.27. The van der Waals surface area contributed by atoms with Gasteiger partial charge in [0, 0.05) is 0 Å². The van der Waals surface area contributed by atoms with E-state index in [0.29, 0.717) is 0 Å². The zero-order chi connectivity index (χ0) is 13.1. The van der Waals surface area contributed by atoms with Crippen LogP contribution in [0.25, 0.3) is 27.6 Å². The van der Waals surface area contributed by atoms with Gasteiger partial charge in [0.05, 0.1) is 0 Å². The van der Waals surface area contributed by atoms with Crippen molar-refractivity contribution in [2.45, 2.75) is 6.42 Å². The molecule has 92 valence electrons. The summed E-state index contributed by atoms with van der Waals surface area (Å²) < 4.78 is 0. The molecule has 0 spiro atoms. The normalized spacial score (nSPS) is 11.4. The van der Waals surface area contributed by atoms with Crippen LogP contribution >= 0.6 is 0 Å². The lowest BCUT2D eigenvalue weighted by Gasteiger charge is -2.05. The molecule has 0 aliphatic carbocycles. The highest BCUT2D eigenvalue weighted by molar-refractivity contribution is 6.01. The van der Waals surface area contributed by atoms with Gasteiger partial charge >= 0.3 is 0 Å². The van der Waals surface area contributed by atoms with E-state index in [2.05, 4.69) is 73.3 Å². The standard InChI is InChI=1S/C19H16/c1-2-3-4-8-15-11-7-12-18-13-16-9-5-6-10-17(16)14-19(15)18/h2,4-14H,1,3H2. The SMILES string of the molecule is C=CCC=Cc1cccc2cc3ccccc3cc12. The minimum Gasteiger partial charge on any atom is -0.103 e. The molecule has 19 heavy (non-hydrogen) atoms. The molecule has 0 heteroatoms. The summed E-state index contributed by atoms with van der Waals surface area (Å²) in [6.07, 6.45) is 7.15. The van der Waals surface area contributed by atoms with Crippen molar-refractivity contribution in [1.82, 2.24) is 0 Å². The van der Waals surface area contributed by atoms with E-state index in [0.717, 1.165) is 6.42 Å². The van der Waals surface area contributed by atoms with Crippen LogP contribution in [0.4, 0.5) is 0 Å². The second-order valence-corrected chi connectivity index (χ2v) is 4.69. The molecule has 0 saturated carbocycles. The maximum Gasteiger partial charge on any atom is -0.0105 e. The quantitative estimate of drug-likeness (QED) is 0.416. The highest BCUT2D eigenvalue weighted by Crippen LogP contribution is 2.26. The fraction of sp³-hybridized carbons (Fsp3) is 0.0526. The Hall–Kier alpha value is -2.34. The topological polar surface area (TPSA) is 0 Å². The Balaban J connectivity index is 2.23. The third-order valence-electron chi connectivity index (χ3n) is 3.38. The summed E-state index contributed by atoms with van der Waals surface area (Å²) in [6.45, 7) is 3.74. The first-order valence-corrected chi connectivity index (χ1v) is 6.57. The van der Waals surface area contributed by atoms with E-state index in [1.165, 1.54) is 27.1 Å². The van der Waals surface area contributed by atoms with Crippen LogP contribution in [-0.2, 0) is 0 Å². The molecule has 0 unspecified atom stereocenters. The minimum atomic E-state index is 0.907. The Morgan fingerprint density at radius 3 is 2.37 bits per heavy atom. The van der Waals surface area contributed by atoms with Gasteiger partial charge in [-0.1, -0.05) is 60.7 Å². The van der Waals surface area contributed by atoms with Crippen LogP contribution in [0.2, 0.25) is 0 Å². The zero-order valence-corrected chi connectivity index (χ0v) is 10.8. The van der Waals surface area contributed by atoms with E-state index >= 15 is 0 Å². The number of fused-ring (bicyclic) bond motifs is 2. The average molecular weight is 244 g/mol. The highest BCUT2D eigenvalue weighted by atomic mass is 14.0. The van der Waals surface area contributed by atoms with Crippen molar-refractivity contribution in [2.75, 3.05) is 0 Å². The molecule has 0 fully saturated rings. The predicted octanol–water partition coefficient (Wildman–Crippen LogP) is 5.58. The molecule has 0 aliphatic heterocycles. The monoisotopic (exact) mass is 244 g/mol. The molecule has 0 amide bonds. The molecule has 0 radical (unpaired) electrons. The van der Waals surface area contributed by atoms with E-state index in [1.807, 2.05) is 6.08 Å². The van der Waals surface area contributed by atoms with Crippen molar-refractivity contribution in [2.24, 2.45) is 0 Å². The smallest absolute Gasteiger partial charge is 0.0105 e. The molecular weight excluding hydrogens is 228 g/mol. The van der Waals surface area contributed by atoms with Crippen LogP contribution in [-0.4, -0.2) is 0 Å². The molecular formula is C19H16. The van der Waals surface area contributed by atoms with Gasteiger partial charge in [-0.15, -0.1) is 6.58 Å². The van der Waals surface area contributed by atoms with E-state index in [4.69, 9.17) is 0 Å². The van der Waals surface area contributed by atoms with Crippen LogP contribution < -0.4 is 0 Å². The maximum atomic E-state index is 3.74. The number of rotatable bonds is 3. The van der Waals surface area contributed by atoms with Gasteiger partial charge in [0.25, 0.3) is 0 Å². The van der Waals surface area contributed by atoms with Crippen LogP contribution in [0, 0.1) is 0 Å². The van der Waals surface area contributed by atoms with Gasteiger partial charge in [-0.25, -0.2) is 0 Å². The maximum absolute atomic E-state index is 3.74. The second kappa shape index (κ2) is 5.11. The van der Waals surface area contributed by atoms with Gasteiger partial charge in [-0.05, 0) is 45.7 Å². The van der Waals surface area contributed by atoms with Crippen LogP contribution in [0.5, 0.6) is 0 Å². The fourth-order valence-corrected chi connectivity index (χ4v) is 2.43. The summed E-state index contributed by atoms with van der Waals surface area (Å²) in [5, 5.41) is 5.18. The third-order valence-corrected chi connectivity index (χ3v) is 3.38. The summed E-state index contributed by atoms with van der Waals surface area (Å²) in [5.74, 6) is 0. The predicted molar refractivity (Wildman–Crippen MR) is 85.3 cm³/mol. The lowest BCUT2D eigenvalue weighted by atomic mass is 9.99. The van der Waals surface area contributed by atoms with Crippen LogP contribution in [0.1, 0.15) is 12.0 Å². The first kappa shape index (κ1) is 11.7. The molecule has 0 N–H and O–H groups in total. The Bertz CT molecular complexity index is 763. The number of benzene rings is 3. The Morgan fingerprint density at radius 2 is 1.58 bits per heavy atom. The van der Waals surface area contributed by atoms with E-state index in [-0.39, 0.29) is 0 Å². The number of allylic oxidation sites excluding steroid dienone is 2. The van der Waals surface area contributed by atoms with Crippen molar-refractivity contribution >= 4 is 27.6 Å². The van der Waals surface area contributed by atoms with Gasteiger partial charge < -0.3 is 0 Å². The van der Waals surface area contributed by atoms with Crippen LogP contribution in [0.3, 0.4) is 0 Å². The summed E-state index contributed by atoms with van der Waals surface area (Å²) in [6, 6.07) is 19.5. The van der Waals surface area contributed by atoms with E-state index in [1.54, 1.807) is 0 Å². The zero-order valence-electron chi connectivity index (χ0n) is 10.8. The van der Waals surface area contributed by atoms with Gasteiger partial charge in [0.15, 0.2) is 0 Å². The van der Waals surface area contributed by atoms with Gasteiger partial charge in [-0.3, -0.25) is 0 Å². The highest BCUT2D eigenvalue weighted by Gasteiger charge is 2.00.